The molecule has 0 aliphatic heterocycles. The quantitative estimate of drug-likeness (QED) is 0.600. The van der Waals surface area contributed by atoms with Crippen LogP contribution in [0.1, 0.15) is 37.7 Å². The van der Waals surface area contributed by atoms with Gasteiger partial charge in [-0.05, 0) is 73.6 Å². The molecular formula is C24H27NO4. The van der Waals surface area contributed by atoms with E-state index in [-0.39, 0.29) is 12.5 Å². The first kappa shape index (κ1) is 19.4. The predicted octanol–water partition coefficient (Wildman–Crippen LogP) is 5.19. The molecule has 1 heterocycles. The minimum Gasteiger partial charge on any atom is -0.493 e. The molecule has 1 aliphatic carbocycles. The van der Waals surface area contributed by atoms with Crippen molar-refractivity contribution in [3.05, 3.63) is 48.2 Å². The summed E-state index contributed by atoms with van der Waals surface area (Å²) in [5, 5.41) is 10.3. The van der Waals surface area contributed by atoms with Crippen molar-refractivity contribution in [3.63, 3.8) is 0 Å². The Bertz CT molecular complexity index is 1030. The molecule has 1 aromatic heterocycles. The highest BCUT2D eigenvalue weighted by atomic mass is 16.5. The molecule has 0 spiro atoms. The molecule has 0 unspecified atom stereocenters. The summed E-state index contributed by atoms with van der Waals surface area (Å²) < 4.78 is 14.2. The van der Waals surface area contributed by atoms with Crippen LogP contribution in [-0.4, -0.2) is 28.9 Å². The van der Waals surface area contributed by atoms with Gasteiger partial charge in [-0.2, -0.15) is 0 Å². The van der Waals surface area contributed by atoms with Crippen LogP contribution in [0.3, 0.4) is 0 Å². The van der Waals surface area contributed by atoms with Gasteiger partial charge in [-0.3, -0.25) is 4.79 Å². The summed E-state index contributed by atoms with van der Waals surface area (Å²) in [6.07, 6.45) is 7.28. The van der Waals surface area contributed by atoms with Gasteiger partial charge in [0, 0.05) is 36.1 Å². The topological polar surface area (TPSA) is 60.7 Å². The summed E-state index contributed by atoms with van der Waals surface area (Å²) >= 11 is 0. The van der Waals surface area contributed by atoms with E-state index in [1.807, 2.05) is 19.3 Å². The van der Waals surface area contributed by atoms with Crippen LogP contribution in [-0.2, 0) is 18.3 Å². The van der Waals surface area contributed by atoms with Gasteiger partial charge in [0.15, 0.2) is 11.5 Å². The van der Waals surface area contributed by atoms with Crippen molar-refractivity contribution in [2.45, 2.75) is 44.6 Å². The lowest BCUT2D eigenvalue weighted by Gasteiger charge is -2.21. The van der Waals surface area contributed by atoms with Gasteiger partial charge < -0.3 is 19.1 Å². The second kappa shape index (κ2) is 8.19. The number of nitrogens with zero attached hydrogens (tertiary/aromatic N) is 1. The van der Waals surface area contributed by atoms with Crippen LogP contribution in [0.5, 0.6) is 11.5 Å². The van der Waals surface area contributed by atoms with E-state index in [0.717, 1.165) is 40.7 Å². The van der Waals surface area contributed by atoms with E-state index in [0.29, 0.717) is 12.2 Å². The molecule has 29 heavy (non-hydrogen) atoms. The molecule has 1 saturated carbocycles. The molecular weight excluding hydrogens is 366 g/mol. The second-order valence-electron chi connectivity index (χ2n) is 7.79. The lowest BCUT2D eigenvalue weighted by molar-refractivity contribution is -0.136. The summed E-state index contributed by atoms with van der Waals surface area (Å²) in [6.45, 7) is 0. The maximum Gasteiger partial charge on any atom is 0.303 e. The number of hydrogen-bond acceptors (Lipinski definition) is 3. The maximum atomic E-state index is 11.1. The Morgan fingerprint density at radius 1 is 1.17 bits per heavy atom. The lowest BCUT2D eigenvalue weighted by atomic mass is 9.98. The van der Waals surface area contributed by atoms with Crippen molar-refractivity contribution in [1.82, 2.24) is 4.57 Å². The number of benzene rings is 2. The summed E-state index contributed by atoms with van der Waals surface area (Å²) in [7, 11) is 3.67. The molecule has 1 N–H and O–H groups in total. The molecule has 2 aromatic carbocycles. The summed E-state index contributed by atoms with van der Waals surface area (Å²) in [5.74, 6) is 0.624. The summed E-state index contributed by atoms with van der Waals surface area (Å²) in [6, 6.07) is 12.4. The zero-order chi connectivity index (χ0) is 20.4. The van der Waals surface area contributed by atoms with Crippen LogP contribution in [0.4, 0.5) is 0 Å². The normalized spacial score (nSPS) is 14.4. The van der Waals surface area contributed by atoms with Crippen LogP contribution in [0.2, 0.25) is 0 Å². The number of methoxy groups -OCH3 is 1. The van der Waals surface area contributed by atoms with Crippen LogP contribution in [0.15, 0.2) is 42.6 Å². The van der Waals surface area contributed by atoms with E-state index in [4.69, 9.17) is 14.6 Å². The number of carboxylic acids is 1. The highest BCUT2D eigenvalue weighted by molar-refractivity contribution is 5.87. The molecule has 0 radical (unpaired) electrons. The SMILES string of the molecule is COc1cc(CCC(=O)O)cc(-c2ccc3c(ccn3C)c2)c1OC1CCCC1. The number of carboxylic acid groups (broad SMARTS) is 1. The first-order chi connectivity index (χ1) is 14.0. The zero-order valence-electron chi connectivity index (χ0n) is 17.0. The Morgan fingerprint density at radius 3 is 2.69 bits per heavy atom. The number of carbonyl (C=O) groups is 1. The molecule has 5 heteroatoms. The molecule has 152 valence electrons. The number of rotatable bonds is 7. The van der Waals surface area contributed by atoms with Crippen molar-refractivity contribution < 1.29 is 19.4 Å². The van der Waals surface area contributed by atoms with Crippen molar-refractivity contribution in [2.24, 2.45) is 7.05 Å². The number of fused-ring (bicyclic) bond motifs is 1. The molecule has 0 saturated heterocycles. The molecule has 1 fully saturated rings. The van der Waals surface area contributed by atoms with Gasteiger partial charge in [0.1, 0.15) is 0 Å². The van der Waals surface area contributed by atoms with Crippen molar-refractivity contribution in [1.29, 1.82) is 0 Å². The highest BCUT2D eigenvalue weighted by Gasteiger charge is 2.22. The predicted molar refractivity (Wildman–Crippen MR) is 114 cm³/mol. The van der Waals surface area contributed by atoms with Gasteiger partial charge in [0.2, 0.25) is 0 Å². The first-order valence-electron chi connectivity index (χ1n) is 10.2. The van der Waals surface area contributed by atoms with E-state index in [1.54, 1.807) is 7.11 Å². The number of aromatic nitrogens is 1. The van der Waals surface area contributed by atoms with Gasteiger partial charge in [0.25, 0.3) is 0 Å². The third-order valence-electron chi connectivity index (χ3n) is 5.75. The fourth-order valence-electron chi connectivity index (χ4n) is 4.16. The minimum absolute atomic E-state index is 0.0865. The average molecular weight is 393 g/mol. The molecule has 4 rings (SSSR count). The number of hydrogen-bond donors (Lipinski definition) is 1. The fourth-order valence-corrected chi connectivity index (χ4v) is 4.16. The zero-order valence-corrected chi connectivity index (χ0v) is 17.0. The monoisotopic (exact) mass is 393 g/mol. The third-order valence-corrected chi connectivity index (χ3v) is 5.75. The largest absolute Gasteiger partial charge is 0.493 e. The average Bonchev–Trinajstić information content (AvgIpc) is 3.36. The minimum atomic E-state index is -0.803. The van der Waals surface area contributed by atoms with E-state index in [9.17, 15) is 4.79 Å². The second-order valence-corrected chi connectivity index (χ2v) is 7.79. The van der Waals surface area contributed by atoms with Crippen molar-refractivity contribution in [2.75, 3.05) is 7.11 Å². The lowest BCUT2D eigenvalue weighted by Crippen LogP contribution is -2.12. The van der Waals surface area contributed by atoms with Crippen LogP contribution in [0, 0.1) is 0 Å². The first-order valence-corrected chi connectivity index (χ1v) is 10.2. The van der Waals surface area contributed by atoms with Crippen LogP contribution in [0.25, 0.3) is 22.0 Å². The number of aliphatic carboxylic acids is 1. The number of ether oxygens (including phenoxy) is 2. The van der Waals surface area contributed by atoms with Gasteiger partial charge >= 0.3 is 5.97 Å². The van der Waals surface area contributed by atoms with Crippen molar-refractivity contribution >= 4 is 16.9 Å². The smallest absolute Gasteiger partial charge is 0.303 e. The molecule has 3 aromatic rings. The van der Waals surface area contributed by atoms with Crippen molar-refractivity contribution in [3.8, 4) is 22.6 Å². The summed E-state index contributed by atoms with van der Waals surface area (Å²) in [5.41, 5.74) is 4.11. The van der Waals surface area contributed by atoms with Gasteiger partial charge in [-0.1, -0.05) is 6.07 Å². The molecule has 0 bridgehead atoms. The standard InChI is InChI=1S/C24H27NO4/c1-25-12-11-18-15-17(8-9-21(18)25)20-13-16(7-10-23(26)27)14-22(28-2)24(20)29-19-5-3-4-6-19/h8-9,11-15,19H,3-7,10H2,1-2H3,(H,26,27). The van der Waals surface area contributed by atoms with Gasteiger partial charge in [0.05, 0.1) is 13.2 Å². The summed E-state index contributed by atoms with van der Waals surface area (Å²) in [4.78, 5) is 11.1. The van der Waals surface area contributed by atoms with Gasteiger partial charge in [-0.15, -0.1) is 0 Å². The number of aryl methyl sites for hydroxylation is 2. The van der Waals surface area contributed by atoms with E-state index in [2.05, 4.69) is 34.9 Å². The third kappa shape index (κ3) is 4.09. The molecule has 5 nitrogen and oxygen atoms in total. The van der Waals surface area contributed by atoms with Crippen LogP contribution >= 0.6 is 0 Å². The Labute approximate surface area is 170 Å². The van der Waals surface area contributed by atoms with E-state index < -0.39 is 5.97 Å². The highest BCUT2D eigenvalue weighted by Crippen LogP contribution is 2.42. The Morgan fingerprint density at radius 2 is 1.97 bits per heavy atom. The van der Waals surface area contributed by atoms with Crippen LogP contribution < -0.4 is 9.47 Å². The molecule has 0 atom stereocenters. The fraction of sp³-hybridized carbons (Fsp3) is 0.375. The maximum absolute atomic E-state index is 11.1. The Balaban J connectivity index is 1.81. The van der Waals surface area contributed by atoms with Gasteiger partial charge in [-0.25, -0.2) is 0 Å². The Hall–Kier alpha value is -2.95. The Kier molecular flexibility index (Phi) is 5.47. The molecule has 1 aliphatic rings. The molecule has 0 amide bonds. The van der Waals surface area contributed by atoms with E-state index in [1.165, 1.54) is 18.4 Å². The van der Waals surface area contributed by atoms with E-state index >= 15 is 0 Å².